The molecule has 0 aliphatic carbocycles. The van der Waals surface area contributed by atoms with Crippen LogP contribution in [0.3, 0.4) is 0 Å². The predicted octanol–water partition coefficient (Wildman–Crippen LogP) is 3.32. The molecule has 1 saturated heterocycles. The Balaban J connectivity index is 1.67. The van der Waals surface area contributed by atoms with E-state index in [0.717, 1.165) is 0 Å². The summed E-state index contributed by atoms with van der Waals surface area (Å²) in [7, 11) is -3.81. The minimum Gasteiger partial charge on any atom is -0.494 e. The maximum atomic E-state index is 13.8. The van der Waals surface area contributed by atoms with Crippen LogP contribution in [0, 0.1) is 11.7 Å². The van der Waals surface area contributed by atoms with E-state index >= 15 is 0 Å². The third-order valence-corrected chi connectivity index (χ3v) is 7.50. The van der Waals surface area contributed by atoms with Crippen LogP contribution in [0.15, 0.2) is 48.5 Å². The smallest absolute Gasteiger partial charge is 0.304 e. The summed E-state index contributed by atoms with van der Waals surface area (Å²) in [6.45, 7) is 4.97. The molecule has 1 fully saturated rings. The fourth-order valence-electron chi connectivity index (χ4n) is 3.83. The van der Waals surface area contributed by atoms with Gasteiger partial charge in [0, 0.05) is 31.7 Å². The van der Waals surface area contributed by atoms with Gasteiger partial charge in [0.2, 0.25) is 5.91 Å². The Kier molecular flexibility index (Phi) is 8.09. The minimum absolute atomic E-state index is 0.0714. The lowest BCUT2D eigenvalue weighted by Gasteiger charge is -2.35. The van der Waals surface area contributed by atoms with Gasteiger partial charge < -0.3 is 10.1 Å². The molecule has 1 N–H and O–H groups in total. The Bertz CT molecular complexity index is 1010. The Hall–Kier alpha value is -2.65. The first kappa shape index (κ1) is 24.0. The highest BCUT2D eigenvalue weighted by Crippen LogP contribution is 2.27. The number of benzene rings is 2. The zero-order valence-corrected chi connectivity index (χ0v) is 19.3. The van der Waals surface area contributed by atoms with Crippen LogP contribution in [-0.4, -0.2) is 44.9 Å². The van der Waals surface area contributed by atoms with E-state index in [9.17, 15) is 17.6 Å². The first-order valence-corrected chi connectivity index (χ1v) is 12.3. The summed E-state index contributed by atoms with van der Waals surface area (Å²) in [6, 6.07) is 13.2. The van der Waals surface area contributed by atoms with Crippen LogP contribution in [0.1, 0.15) is 32.3 Å². The fraction of sp³-hybridized carbons (Fsp3) is 0.435. The van der Waals surface area contributed by atoms with Gasteiger partial charge in [-0.25, -0.2) is 4.39 Å². The van der Waals surface area contributed by atoms with Gasteiger partial charge in [-0.1, -0.05) is 18.2 Å². The van der Waals surface area contributed by atoms with Crippen LogP contribution in [0.5, 0.6) is 5.75 Å². The molecule has 1 atom stereocenters. The summed E-state index contributed by atoms with van der Waals surface area (Å²) in [4.78, 5) is 12.7. The number of nitrogens with zero attached hydrogens (tertiary/aromatic N) is 2. The number of ether oxygens (including phenoxy) is 1. The summed E-state index contributed by atoms with van der Waals surface area (Å²) in [6.07, 6.45) is 1.17. The first-order chi connectivity index (χ1) is 15.4. The number of carbonyl (C=O) groups excluding carboxylic acids is 1. The van der Waals surface area contributed by atoms with Crippen molar-refractivity contribution in [3.63, 3.8) is 0 Å². The van der Waals surface area contributed by atoms with Crippen molar-refractivity contribution in [1.29, 1.82) is 0 Å². The molecular weight excluding hydrogens is 433 g/mol. The highest BCUT2D eigenvalue weighted by Gasteiger charge is 2.35. The van der Waals surface area contributed by atoms with Crippen LogP contribution >= 0.6 is 0 Å². The summed E-state index contributed by atoms with van der Waals surface area (Å²) in [5.74, 6) is -0.453. The Morgan fingerprint density at radius 1 is 1.19 bits per heavy atom. The molecular formula is C23H30FN3O4S. The number of halogens is 1. The molecule has 9 heteroatoms. The van der Waals surface area contributed by atoms with Gasteiger partial charge in [-0.15, -0.1) is 0 Å². The molecule has 0 radical (unpaired) electrons. The SMILES string of the molecule is CCOc1ccc(N(CC)S(=O)(=O)N2CCC[C@H](C(=O)NCc3ccccc3F)C2)cc1. The lowest BCUT2D eigenvalue weighted by Crippen LogP contribution is -2.50. The number of rotatable bonds is 9. The molecule has 1 heterocycles. The summed E-state index contributed by atoms with van der Waals surface area (Å²) >= 11 is 0. The number of hydrogen-bond acceptors (Lipinski definition) is 4. The van der Waals surface area contributed by atoms with Gasteiger partial charge in [-0.2, -0.15) is 12.7 Å². The maximum absolute atomic E-state index is 13.8. The molecule has 1 aliphatic rings. The van der Waals surface area contributed by atoms with Crippen molar-refractivity contribution >= 4 is 21.8 Å². The molecule has 0 bridgehead atoms. The molecule has 2 aromatic rings. The number of anilines is 1. The lowest BCUT2D eigenvalue weighted by molar-refractivity contribution is -0.126. The van der Waals surface area contributed by atoms with Gasteiger partial charge >= 0.3 is 10.2 Å². The Morgan fingerprint density at radius 3 is 2.56 bits per heavy atom. The Morgan fingerprint density at radius 2 is 1.91 bits per heavy atom. The monoisotopic (exact) mass is 463 g/mol. The predicted molar refractivity (Wildman–Crippen MR) is 122 cm³/mol. The van der Waals surface area contributed by atoms with Crippen LogP contribution in [0.4, 0.5) is 10.1 Å². The zero-order valence-electron chi connectivity index (χ0n) is 18.5. The highest BCUT2D eigenvalue weighted by molar-refractivity contribution is 7.90. The summed E-state index contributed by atoms with van der Waals surface area (Å²) in [5, 5.41) is 2.75. The van der Waals surface area contributed by atoms with E-state index in [4.69, 9.17) is 4.74 Å². The fourth-order valence-corrected chi connectivity index (χ4v) is 5.55. The molecule has 0 saturated carbocycles. The van der Waals surface area contributed by atoms with Crippen molar-refractivity contribution in [2.75, 3.05) is 30.5 Å². The van der Waals surface area contributed by atoms with Crippen LogP contribution < -0.4 is 14.4 Å². The minimum atomic E-state index is -3.81. The molecule has 174 valence electrons. The van der Waals surface area contributed by atoms with Gasteiger partial charge in [0.15, 0.2) is 0 Å². The van der Waals surface area contributed by atoms with E-state index in [1.54, 1.807) is 49.4 Å². The number of nitrogens with one attached hydrogen (secondary N) is 1. The average Bonchev–Trinajstić information content (AvgIpc) is 2.80. The molecule has 2 aromatic carbocycles. The highest BCUT2D eigenvalue weighted by atomic mass is 32.2. The van der Waals surface area contributed by atoms with Crippen molar-refractivity contribution < 1.29 is 22.3 Å². The van der Waals surface area contributed by atoms with Crippen molar-refractivity contribution in [2.24, 2.45) is 5.92 Å². The van der Waals surface area contributed by atoms with Crippen LogP contribution in [0.25, 0.3) is 0 Å². The first-order valence-electron chi connectivity index (χ1n) is 10.9. The molecule has 7 nitrogen and oxygen atoms in total. The molecule has 1 aliphatic heterocycles. The third kappa shape index (κ3) is 5.58. The maximum Gasteiger partial charge on any atom is 0.304 e. The lowest BCUT2D eigenvalue weighted by atomic mass is 9.98. The largest absolute Gasteiger partial charge is 0.494 e. The average molecular weight is 464 g/mol. The second kappa shape index (κ2) is 10.8. The van der Waals surface area contributed by atoms with Gasteiger partial charge in [0.1, 0.15) is 11.6 Å². The third-order valence-electron chi connectivity index (χ3n) is 5.49. The molecule has 32 heavy (non-hydrogen) atoms. The quantitative estimate of drug-likeness (QED) is 0.619. The Labute approximate surface area is 189 Å². The standard InChI is InChI=1S/C23H30FN3O4S/c1-3-27(20-11-13-21(14-12-20)31-4-2)32(29,30)26-15-7-9-19(17-26)23(28)25-16-18-8-5-6-10-22(18)24/h5-6,8,10-14,19H,3-4,7,9,15-17H2,1-2H3,(H,25,28)/t19-/m0/s1. The van der Waals surface area contributed by atoms with Crippen molar-refractivity contribution in [3.05, 3.63) is 59.9 Å². The zero-order chi connectivity index (χ0) is 23.1. The van der Waals surface area contributed by atoms with Gasteiger partial charge in [-0.05, 0) is 57.0 Å². The molecule has 0 unspecified atom stereocenters. The van der Waals surface area contributed by atoms with E-state index in [1.165, 1.54) is 14.7 Å². The van der Waals surface area contributed by atoms with E-state index in [0.29, 0.717) is 43.0 Å². The topological polar surface area (TPSA) is 79.0 Å². The molecule has 0 aromatic heterocycles. The molecule has 3 rings (SSSR count). The van der Waals surface area contributed by atoms with E-state index in [2.05, 4.69) is 5.32 Å². The van der Waals surface area contributed by atoms with Gasteiger partial charge in [-0.3, -0.25) is 9.10 Å². The number of hydrogen-bond donors (Lipinski definition) is 1. The second-order valence-corrected chi connectivity index (χ2v) is 9.46. The van der Waals surface area contributed by atoms with Crippen molar-refractivity contribution in [3.8, 4) is 5.75 Å². The van der Waals surface area contributed by atoms with Crippen molar-refractivity contribution in [1.82, 2.24) is 9.62 Å². The molecule has 1 amide bonds. The van der Waals surface area contributed by atoms with E-state index < -0.39 is 16.1 Å². The molecule has 0 spiro atoms. The second-order valence-electron chi connectivity index (χ2n) is 7.61. The van der Waals surface area contributed by atoms with Gasteiger partial charge in [0.05, 0.1) is 18.2 Å². The van der Waals surface area contributed by atoms with Crippen LogP contribution in [-0.2, 0) is 21.5 Å². The normalized spacial score (nSPS) is 17.0. The van der Waals surface area contributed by atoms with E-state index in [1.807, 2.05) is 6.92 Å². The number of carbonyl (C=O) groups is 1. The summed E-state index contributed by atoms with van der Waals surface area (Å²) in [5.41, 5.74) is 0.941. The van der Waals surface area contributed by atoms with Crippen molar-refractivity contribution in [2.45, 2.75) is 33.2 Å². The summed E-state index contributed by atoms with van der Waals surface area (Å²) < 4.78 is 48.7. The number of piperidine rings is 1. The van der Waals surface area contributed by atoms with E-state index in [-0.39, 0.29) is 31.4 Å². The van der Waals surface area contributed by atoms with Crippen LogP contribution in [0.2, 0.25) is 0 Å². The number of amides is 1. The van der Waals surface area contributed by atoms with Gasteiger partial charge in [0.25, 0.3) is 0 Å².